The Morgan fingerprint density at radius 1 is 0.857 bits per heavy atom. The second kappa shape index (κ2) is 9.43. The van der Waals surface area contributed by atoms with E-state index in [-0.39, 0.29) is 15.9 Å². The van der Waals surface area contributed by atoms with Crippen LogP contribution < -0.4 is 4.72 Å². The van der Waals surface area contributed by atoms with E-state index in [0.29, 0.717) is 21.4 Å². The van der Waals surface area contributed by atoms with Crippen molar-refractivity contribution in [1.29, 1.82) is 0 Å². The van der Waals surface area contributed by atoms with Crippen LogP contribution in [0.1, 0.15) is 25.1 Å². The number of benzene rings is 3. The van der Waals surface area contributed by atoms with Gasteiger partial charge in [0, 0.05) is 11.1 Å². The van der Waals surface area contributed by atoms with Crippen LogP contribution in [0.15, 0.2) is 72.0 Å². The molecule has 0 aliphatic heterocycles. The number of imidazole rings is 1. The molecular formula is C24H18Cl3F2N3O2S. The van der Waals surface area contributed by atoms with E-state index in [9.17, 15) is 17.2 Å². The molecule has 0 atom stereocenters. The molecule has 0 radical (unpaired) electrons. The fourth-order valence-corrected chi connectivity index (χ4v) is 5.36. The molecule has 0 saturated heterocycles. The smallest absolute Gasteiger partial charge is 0.285 e. The highest BCUT2D eigenvalue weighted by molar-refractivity contribution is 7.92. The van der Waals surface area contributed by atoms with E-state index >= 15 is 0 Å². The van der Waals surface area contributed by atoms with Crippen molar-refractivity contribution in [2.75, 3.05) is 4.72 Å². The van der Waals surface area contributed by atoms with Crippen LogP contribution in [0.25, 0.3) is 5.69 Å². The SMILES string of the molecule is CC(C)(c1ccc(Cl)c(Cl)c1)c1cnc(S(=O)(=O)Nc2ccc(F)cc2Cl)n1-c1ccc(F)cc1. The van der Waals surface area contributed by atoms with Gasteiger partial charge in [-0.25, -0.2) is 13.8 Å². The van der Waals surface area contributed by atoms with Crippen molar-refractivity contribution in [2.45, 2.75) is 24.4 Å². The maximum atomic E-state index is 13.7. The molecule has 0 saturated carbocycles. The van der Waals surface area contributed by atoms with Gasteiger partial charge in [0.25, 0.3) is 15.2 Å². The zero-order valence-electron chi connectivity index (χ0n) is 18.4. The number of rotatable bonds is 6. The fraction of sp³-hybridized carbons (Fsp3) is 0.125. The summed E-state index contributed by atoms with van der Waals surface area (Å²) in [5.74, 6) is -1.10. The molecule has 0 bridgehead atoms. The summed E-state index contributed by atoms with van der Waals surface area (Å²) >= 11 is 18.3. The van der Waals surface area contributed by atoms with Crippen LogP contribution in [0.2, 0.25) is 15.1 Å². The van der Waals surface area contributed by atoms with Crippen molar-refractivity contribution >= 4 is 50.5 Å². The Hall–Kier alpha value is -2.65. The van der Waals surface area contributed by atoms with Crippen LogP contribution >= 0.6 is 34.8 Å². The molecule has 1 N–H and O–H groups in total. The predicted molar refractivity (Wildman–Crippen MR) is 134 cm³/mol. The quantitative estimate of drug-likeness (QED) is 0.272. The first-order valence-electron chi connectivity index (χ1n) is 10.2. The summed E-state index contributed by atoms with van der Waals surface area (Å²) < 4.78 is 57.7. The second-order valence-electron chi connectivity index (χ2n) is 8.22. The van der Waals surface area contributed by atoms with E-state index in [1.807, 2.05) is 13.8 Å². The Morgan fingerprint density at radius 2 is 1.51 bits per heavy atom. The van der Waals surface area contributed by atoms with Gasteiger partial charge in [-0.05, 0) is 60.2 Å². The van der Waals surface area contributed by atoms with Gasteiger partial charge in [0.1, 0.15) is 11.6 Å². The average molecular weight is 557 g/mol. The topological polar surface area (TPSA) is 64.0 Å². The van der Waals surface area contributed by atoms with Gasteiger partial charge in [-0.1, -0.05) is 54.7 Å². The Bertz CT molecular complexity index is 1520. The number of anilines is 1. The van der Waals surface area contributed by atoms with Crippen molar-refractivity contribution in [3.8, 4) is 5.69 Å². The van der Waals surface area contributed by atoms with Crippen LogP contribution in [0, 0.1) is 11.6 Å². The number of nitrogens with zero attached hydrogens (tertiary/aromatic N) is 2. The van der Waals surface area contributed by atoms with Crippen molar-refractivity contribution in [3.63, 3.8) is 0 Å². The highest BCUT2D eigenvalue weighted by atomic mass is 35.5. The Morgan fingerprint density at radius 3 is 2.14 bits per heavy atom. The lowest BCUT2D eigenvalue weighted by atomic mass is 9.81. The van der Waals surface area contributed by atoms with E-state index < -0.39 is 27.1 Å². The minimum atomic E-state index is -4.32. The molecule has 1 aromatic heterocycles. The number of halogens is 5. The highest BCUT2D eigenvalue weighted by Crippen LogP contribution is 2.37. The third kappa shape index (κ3) is 5.02. The monoisotopic (exact) mass is 555 g/mol. The zero-order chi connectivity index (χ0) is 25.5. The number of hydrogen-bond donors (Lipinski definition) is 1. The summed E-state index contributed by atoms with van der Waals surface area (Å²) in [6, 6.07) is 13.7. The molecule has 0 fully saturated rings. The molecular weight excluding hydrogens is 539 g/mol. The lowest BCUT2D eigenvalue weighted by molar-refractivity contribution is 0.571. The molecule has 5 nitrogen and oxygen atoms in total. The molecule has 0 aliphatic rings. The molecule has 0 amide bonds. The molecule has 3 aromatic carbocycles. The largest absolute Gasteiger partial charge is 0.296 e. The normalized spacial score (nSPS) is 12.1. The minimum Gasteiger partial charge on any atom is -0.285 e. The molecule has 0 unspecified atom stereocenters. The minimum absolute atomic E-state index is 0.0213. The summed E-state index contributed by atoms with van der Waals surface area (Å²) in [5.41, 5.74) is 0.753. The molecule has 0 spiro atoms. The van der Waals surface area contributed by atoms with Crippen LogP contribution in [0.3, 0.4) is 0 Å². The highest BCUT2D eigenvalue weighted by Gasteiger charge is 2.33. The first-order valence-corrected chi connectivity index (χ1v) is 12.8. The van der Waals surface area contributed by atoms with Gasteiger partial charge in [-0.15, -0.1) is 0 Å². The average Bonchev–Trinajstić information content (AvgIpc) is 3.25. The molecule has 11 heteroatoms. The maximum absolute atomic E-state index is 13.7. The van der Waals surface area contributed by atoms with Gasteiger partial charge in [-0.3, -0.25) is 9.29 Å². The molecule has 0 aliphatic carbocycles. The van der Waals surface area contributed by atoms with E-state index in [0.717, 1.165) is 17.7 Å². The molecule has 182 valence electrons. The number of sulfonamides is 1. The van der Waals surface area contributed by atoms with E-state index in [2.05, 4.69) is 9.71 Å². The molecule has 4 aromatic rings. The van der Waals surface area contributed by atoms with Crippen LogP contribution in [-0.4, -0.2) is 18.0 Å². The Kier molecular flexibility index (Phi) is 6.85. The van der Waals surface area contributed by atoms with E-state index in [1.165, 1.54) is 41.1 Å². The van der Waals surface area contributed by atoms with Gasteiger partial charge < -0.3 is 0 Å². The Labute approximate surface area is 216 Å². The van der Waals surface area contributed by atoms with Crippen molar-refractivity contribution in [2.24, 2.45) is 0 Å². The zero-order valence-corrected chi connectivity index (χ0v) is 21.4. The lowest BCUT2D eigenvalue weighted by Gasteiger charge is -2.28. The Balaban J connectivity index is 1.90. The number of hydrogen-bond acceptors (Lipinski definition) is 3. The van der Waals surface area contributed by atoms with Crippen molar-refractivity contribution in [1.82, 2.24) is 9.55 Å². The van der Waals surface area contributed by atoms with E-state index in [4.69, 9.17) is 34.8 Å². The first-order chi connectivity index (χ1) is 16.4. The van der Waals surface area contributed by atoms with Gasteiger partial charge in [-0.2, -0.15) is 8.42 Å². The number of aromatic nitrogens is 2. The van der Waals surface area contributed by atoms with E-state index in [1.54, 1.807) is 18.2 Å². The molecule has 35 heavy (non-hydrogen) atoms. The van der Waals surface area contributed by atoms with Gasteiger partial charge in [0.05, 0.1) is 32.6 Å². The van der Waals surface area contributed by atoms with Gasteiger partial charge >= 0.3 is 0 Å². The van der Waals surface area contributed by atoms with Gasteiger partial charge in [0.2, 0.25) is 0 Å². The van der Waals surface area contributed by atoms with Crippen molar-refractivity contribution < 1.29 is 17.2 Å². The van der Waals surface area contributed by atoms with Crippen LogP contribution in [-0.2, 0) is 15.4 Å². The predicted octanol–water partition coefficient (Wildman–Crippen LogP) is 7.24. The molecule has 4 rings (SSSR count). The van der Waals surface area contributed by atoms with Crippen LogP contribution in [0.4, 0.5) is 14.5 Å². The third-order valence-electron chi connectivity index (χ3n) is 5.51. The lowest BCUT2D eigenvalue weighted by Crippen LogP contribution is -2.25. The van der Waals surface area contributed by atoms with Crippen LogP contribution in [0.5, 0.6) is 0 Å². The van der Waals surface area contributed by atoms with Gasteiger partial charge in [0.15, 0.2) is 0 Å². The maximum Gasteiger partial charge on any atom is 0.296 e. The summed E-state index contributed by atoms with van der Waals surface area (Å²) in [6.45, 7) is 3.73. The van der Waals surface area contributed by atoms with Crippen molar-refractivity contribution in [3.05, 3.63) is 105 Å². The summed E-state index contributed by atoms with van der Waals surface area (Å²) in [7, 11) is -4.32. The summed E-state index contributed by atoms with van der Waals surface area (Å²) in [5, 5.41) is 0.227. The standard InChI is InChI=1S/C24H18Cl3F2N3O2S/c1-24(2,14-3-9-18(25)19(26)11-14)22-13-30-23(32(22)17-7-4-15(28)5-8-17)35(33,34)31-21-10-6-16(29)12-20(21)27/h3-13,31H,1-2H3. The summed E-state index contributed by atoms with van der Waals surface area (Å²) in [6.07, 6.45) is 1.42. The first kappa shape index (κ1) is 25.4. The second-order valence-corrected chi connectivity index (χ2v) is 11.0. The third-order valence-corrected chi connectivity index (χ3v) is 7.82. The number of nitrogens with one attached hydrogen (secondary N) is 1. The summed E-state index contributed by atoms with van der Waals surface area (Å²) in [4.78, 5) is 4.20. The molecule has 1 heterocycles. The fourth-order valence-electron chi connectivity index (χ4n) is 3.60.